The van der Waals surface area contributed by atoms with E-state index < -0.39 is 0 Å². The number of hydrogen-bond donors (Lipinski definition) is 1. The number of hydrogen-bond acceptors (Lipinski definition) is 2. The molecule has 0 aliphatic rings. The zero-order valence-corrected chi connectivity index (χ0v) is 13.9. The number of nitrogens with zero attached hydrogens (tertiary/aromatic N) is 2. The van der Waals surface area contributed by atoms with Crippen molar-refractivity contribution in [3.63, 3.8) is 0 Å². The Labute approximate surface area is 128 Å². The van der Waals surface area contributed by atoms with Gasteiger partial charge in [-0.15, -0.1) is 0 Å². The topological polar surface area (TPSA) is 43.8 Å². The molecule has 0 fully saturated rings. The fraction of sp³-hybridized carbons (Fsp3) is 0.500. The highest BCUT2D eigenvalue weighted by Gasteiger charge is 2.16. The molecule has 0 saturated heterocycles. The second kappa shape index (κ2) is 6.02. The summed E-state index contributed by atoms with van der Waals surface area (Å²) in [5, 5.41) is 4.47. The van der Waals surface area contributed by atoms with E-state index in [4.69, 9.17) is 5.73 Å². The summed E-state index contributed by atoms with van der Waals surface area (Å²) in [5.74, 6) is 0. The normalized spacial score (nSPS) is 13.4. The van der Waals surface area contributed by atoms with Gasteiger partial charge in [0.1, 0.15) is 0 Å². The Kier molecular flexibility index (Phi) is 4.52. The first-order valence-corrected chi connectivity index (χ1v) is 7.68. The highest BCUT2D eigenvalue weighted by molar-refractivity contribution is 5.30. The molecule has 21 heavy (non-hydrogen) atoms. The van der Waals surface area contributed by atoms with Gasteiger partial charge in [-0.1, -0.05) is 52.0 Å². The van der Waals surface area contributed by atoms with Crippen LogP contribution in [0.15, 0.2) is 30.5 Å². The van der Waals surface area contributed by atoms with E-state index in [-0.39, 0.29) is 11.5 Å². The lowest BCUT2D eigenvalue weighted by atomic mass is 9.86. The van der Waals surface area contributed by atoms with E-state index in [9.17, 15) is 0 Å². The fourth-order valence-electron chi connectivity index (χ4n) is 2.64. The van der Waals surface area contributed by atoms with Crippen molar-refractivity contribution in [2.45, 2.75) is 52.0 Å². The summed E-state index contributed by atoms with van der Waals surface area (Å²) in [4.78, 5) is 0. The zero-order valence-electron chi connectivity index (χ0n) is 13.9. The summed E-state index contributed by atoms with van der Waals surface area (Å²) in [7, 11) is 1.95. The maximum absolute atomic E-state index is 6.39. The van der Waals surface area contributed by atoms with Gasteiger partial charge in [0.2, 0.25) is 0 Å². The highest BCUT2D eigenvalue weighted by atomic mass is 15.3. The van der Waals surface area contributed by atoms with Crippen LogP contribution < -0.4 is 5.73 Å². The molecule has 3 heteroatoms. The van der Waals surface area contributed by atoms with Crippen LogP contribution in [0.1, 0.15) is 56.1 Å². The molecular formula is C18H27N3. The molecule has 1 heterocycles. The number of aromatic nitrogens is 2. The molecule has 0 spiro atoms. The van der Waals surface area contributed by atoms with Crippen LogP contribution in [0.2, 0.25) is 0 Å². The molecule has 2 aromatic rings. The highest BCUT2D eigenvalue weighted by Crippen LogP contribution is 2.24. The van der Waals surface area contributed by atoms with Gasteiger partial charge in [0.25, 0.3) is 0 Å². The molecule has 0 amide bonds. The van der Waals surface area contributed by atoms with E-state index >= 15 is 0 Å². The van der Waals surface area contributed by atoms with Gasteiger partial charge in [0.15, 0.2) is 0 Å². The van der Waals surface area contributed by atoms with Crippen molar-refractivity contribution >= 4 is 0 Å². The summed E-state index contributed by atoms with van der Waals surface area (Å²) >= 11 is 0. The van der Waals surface area contributed by atoms with Crippen LogP contribution in [0.4, 0.5) is 0 Å². The predicted octanol–water partition coefficient (Wildman–Crippen LogP) is 3.52. The lowest BCUT2D eigenvalue weighted by molar-refractivity contribution is 0.589. The maximum Gasteiger partial charge on any atom is 0.0669 e. The first-order valence-electron chi connectivity index (χ1n) is 7.68. The maximum atomic E-state index is 6.39. The third kappa shape index (κ3) is 3.73. The van der Waals surface area contributed by atoms with Crippen molar-refractivity contribution in [2.75, 3.05) is 0 Å². The Hall–Kier alpha value is -1.61. The van der Waals surface area contributed by atoms with Gasteiger partial charge in [0, 0.05) is 24.8 Å². The van der Waals surface area contributed by atoms with Crippen LogP contribution in [-0.2, 0) is 25.3 Å². The molecule has 3 nitrogen and oxygen atoms in total. The molecular weight excluding hydrogens is 258 g/mol. The number of aryl methyl sites for hydroxylation is 2. The predicted molar refractivity (Wildman–Crippen MR) is 88.4 cm³/mol. The summed E-state index contributed by atoms with van der Waals surface area (Å²) < 4.78 is 1.86. The largest absolute Gasteiger partial charge is 0.324 e. The molecule has 1 aromatic heterocycles. The molecule has 2 rings (SSSR count). The number of nitrogens with two attached hydrogens (primary N) is 1. The lowest BCUT2D eigenvalue weighted by Gasteiger charge is -2.19. The van der Waals surface area contributed by atoms with Crippen LogP contribution in [0.3, 0.4) is 0 Å². The summed E-state index contributed by atoms with van der Waals surface area (Å²) in [6.45, 7) is 8.82. The summed E-state index contributed by atoms with van der Waals surface area (Å²) in [5.41, 5.74) is 11.5. The monoisotopic (exact) mass is 285 g/mol. The van der Waals surface area contributed by atoms with Crippen LogP contribution in [0, 0.1) is 0 Å². The molecule has 0 radical (unpaired) electrons. The molecule has 0 aliphatic carbocycles. The van der Waals surface area contributed by atoms with Gasteiger partial charge in [-0.25, -0.2) is 0 Å². The number of benzene rings is 1. The van der Waals surface area contributed by atoms with E-state index in [2.05, 4.69) is 57.1 Å². The Balaban J connectivity index is 2.14. The van der Waals surface area contributed by atoms with Crippen LogP contribution >= 0.6 is 0 Å². The Bertz CT molecular complexity index is 588. The molecule has 0 aliphatic heterocycles. The van der Waals surface area contributed by atoms with Gasteiger partial charge in [-0.05, 0) is 29.4 Å². The third-order valence-electron chi connectivity index (χ3n) is 3.95. The van der Waals surface area contributed by atoms with Crippen molar-refractivity contribution in [3.05, 3.63) is 52.8 Å². The van der Waals surface area contributed by atoms with Crippen molar-refractivity contribution in [1.29, 1.82) is 0 Å². The molecule has 1 atom stereocenters. The molecule has 0 bridgehead atoms. The fourth-order valence-corrected chi connectivity index (χ4v) is 2.64. The molecule has 114 valence electrons. The van der Waals surface area contributed by atoms with Crippen LogP contribution in [0.25, 0.3) is 0 Å². The van der Waals surface area contributed by atoms with Crippen molar-refractivity contribution in [1.82, 2.24) is 9.78 Å². The van der Waals surface area contributed by atoms with Crippen molar-refractivity contribution in [3.8, 4) is 0 Å². The molecule has 2 N–H and O–H groups in total. The smallest absolute Gasteiger partial charge is 0.0669 e. The minimum atomic E-state index is 0.00846. The minimum Gasteiger partial charge on any atom is -0.324 e. The molecule has 1 unspecified atom stereocenters. The van der Waals surface area contributed by atoms with E-state index in [1.807, 2.05) is 17.9 Å². The standard InChI is InChI=1S/C18H27N3/c1-6-17-15(12-21(5)20-17)16(19)11-13-7-9-14(10-8-13)18(2,3)4/h7-10,12,16H,6,11,19H2,1-5H3. The average molecular weight is 285 g/mol. The first kappa shape index (κ1) is 15.8. The molecule has 0 saturated carbocycles. The van der Waals surface area contributed by atoms with E-state index in [1.54, 1.807) is 0 Å². The minimum absolute atomic E-state index is 0.00846. The quantitative estimate of drug-likeness (QED) is 0.934. The SMILES string of the molecule is CCc1nn(C)cc1C(N)Cc1ccc(C(C)(C)C)cc1. The van der Waals surface area contributed by atoms with Crippen molar-refractivity contribution in [2.24, 2.45) is 12.8 Å². The van der Waals surface area contributed by atoms with Gasteiger partial charge >= 0.3 is 0 Å². The first-order chi connectivity index (χ1) is 9.81. The van der Waals surface area contributed by atoms with E-state index in [0.29, 0.717) is 0 Å². The third-order valence-corrected chi connectivity index (χ3v) is 3.95. The number of rotatable bonds is 4. The van der Waals surface area contributed by atoms with Crippen LogP contribution in [0.5, 0.6) is 0 Å². The van der Waals surface area contributed by atoms with Gasteiger partial charge in [0.05, 0.1) is 5.69 Å². The Morgan fingerprint density at radius 1 is 1.19 bits per heavy atom. The van der Waals surface area contributed by atoms with Crippen LogP contribution in [-0.4, -0.2) is 9.78 Å². The second-order valence-corrected chi connectivity index (χ2v) is 6.82. The molecule has 1 aromatic carbocycles. The summed E-state index contributed by atoms with van der Waals surface area (Å²) in [6, 6.07) is 8.83. The van der Waals surface area contributed by atoms with Gasteiger partial charge in [-0.2, -0.15) is 5.10 Å². The zero-order chi connectivity index (χ0) is 15.6. The van der Waals surface area contributed by atoms with Gasteiger partial charge < -0.3 is 5.73 Å². The van der Waals surface area contributed by atoms with E-state index in [0.717, 1.165) is 18.5 Å². The Morgan fingerprint density at radius 3 is 2.33 bits per heavy atom. The second-order valence-electron chi connectivity index (χ2n) is 6.82. The van der Waals surface area contributed by atoms with Gasteiger partial charge in [-0.3, -0.25) is 4.68 Å². The summed E-state index contributed by atoms with van der Waals surface area (Å²) in [6.07, 6.45) is 3.82. The Morgan fingerprint density at radius 2 is 1.81 bits per heavy atom. The van der Waals surface area contributed by atoms with E-state index in [1.165, 1.54) is 16.7 Å². The average Bonchev–Trinajstić information content (AvgIpc) is 2.79. The van der Waals surface area contributed by atoms with Crippen molar-refractivity contribution < 1.29 is 0 Å². The lowest BCUT2D eigenvalue weighted by Crippen LogP contribution is -2.15.